The van der Waals surface area contributed by atoms with E-state index in [0.717, 1.165) is 25.1 Å². The lowest BCUT2D eigenvalue weighted by molar-refractivity contribution is 0.612. The van der Waals surface area contributed by atoms with E-state index < -0.39 is 0 Å². The number of hydrogen-bond donors (Lipinski definition) is 1. The first-order valence-corrected chi connectivity index (χ1v) is 5.31. The average Bonchev–Trinajstić information content (AvgIpc) is 2.23. The molecule has 0 atom stereocenters. The number of rotatable bonds is 5. The van der Waals surface area contributed by atoms with E-state index in [1.807, 2.05) is 25.1 Å². The number of allylic oxidation sites excluding steroid dienone is 1. The third kappa shape index (κ3) is 4.26. The van der Waals surface area contributed by atoms with Gasteiger partial charge in [0.1, 0.15) is 5.82 Å². The number of aryl methyl sites for hydroxylation is 1. The molecule has 82 valence electrons. The second-order valence-corrected chi connectivity index (χ2v) is 3.62. The molecule has 0 aliphatic heterocycles. The van der Waals surface area contributed by atoms with Crippen LogP contribution in [0.2, 0.25) is 0 Å². The van der Waals surface area contributed by atoms with Crippen molar-refractivity contribution in [2.75, 3.05) is 6.54 Å². The summed E-state index contributed by atoms with van der Waals surface area (Å²) in [6.07, 6.45) is 5.17. The lowest BCUT2D eigenvalue weighted by atomic mass is 10.1. The Morgan fingerprint density at radius 1 is 1.40 bits per heavy atom. The molecule has 0 unspecified atom stereocenters. The highest BCUT2D eigenvalue weighted by molar-refractivity contribution is 5.23. The number of halogens is 1. The van der Waals surface area contributed by atoms with Gasteiger partial charge in [-0.15, -0.1) is 0 Å². The van der Waals surface area contributed by atoms with Crippen LogP contribution in [0.4, 0.5) is 4.39 Å². The van der Waals surface area contributed by atoms with Crippen molar-refractivity contribution in [3.05, 3.63) is 47.3 Å². The van der Waals surface area contributed by atoms with Crippen molar-refractivity contribution in [2.24, 2.45) is 0 Å². The van der Waals surface area contributed by atoms with Crippen LogP contribution in [0, 0.1) is 12.7 Å². The standard InChI is InChI=1S/C13H18FN/c1-3-4-5-8-15-10-12-7-6-11(2)13(14)9-12/h3-4,6-7,9,15H,5,8,10H2,1-2H3/b4-3+. The van der Waals surface area contributed by atoms with Crippen molar-refractivity contribution >= 4 is 0 Å². The Bertz CT molecular complexity index is 331. The predicted molar refractivity (Wildman–Crippen MR) is 62.3 cm³/mol. The smallest absolute Gasteiger partial charge is 0.126 e. The summed E-state index contributed by atoms with van der Waals surface area (Å²) in [5.74, 6) is -0.122. The molecule has 0 radical (unpaired) electrons. The summed E-state index contributed by atoms with van der Waals surface area (Å²) >= 11 is 0. The Balaban J connectivity index is 2.34. The molecule has 1 rings (SSSR count). The fourth-order valence-electron chi connectivity index (χ4n) is 1.33. The second kappa shape index (κ2) is 6.36. The van der Waals surface area contributed by atoms with E-state index in [0.29, 0.717) is 5.56 Å². The second-order valence-electron chi connectivity index (χ2n) is 3.62. The van der Waals surface area contributed by atoms with E-state index in [1.165, 1.54) is 0 Å². The summed E-state index contributed by atoms with van der Waals surface area (Å²) in [6, 6.07) is 5.37. The van der Waals surface area contributed by atoms with Gasteiger partial charge < -0.3 is 5.32 Å². The Morgan fingerprint density at radius 3 is 2.87 bits per heavy atom. The van der Waals surface area contributed by atoms with Gasteiger partial charge in [-0.25, -0.2) is 4.39 Å². The summed E-state index contributed by atoms with van der Waals surface area (Å²) < 4.78 is 13.2. The Labute approximate surface area is 91.0 Å². The molecular weight excluding hydrogens is 189 g/mol. The normalized spacial score (nSPS) is 11.1. The number of hydrogen-bond acceptors (Lipinski definition) is 1. The van der Waals surface area contributed by atoms with E-state index in [9.17, 15) is 4.39 Å². The predicted octanol–water partition coefficient (Wildman–Crippen LogP) is 3.19. The molecule has 0 aromatic heterocycles. The first-order valence-electron chi connectivity index (χ1n) is 5.31. The molecule has 0 spiro atoms. The van der Waals surface area contributed by atoms with Crippen molar-refractivity contribution in [3.8, 4) is 0 Å². The van der Waals surface area contributed by atoms with Gasteiger partial charge in [0.2, 0.25) is 0 Å². The lowest BCUT2D eigenvalue weighted by Gasteiger charge is -2.04. The summed E-state index contributed by atoms with van der Waals surface area (Å²) in [5, 5.41) is 3.27. The fourth-order valence-corrected chi connectivity index (χ4v) is 1.33. The minimum Gasteiger partial charge on any atom is -0.312 e. The molecule has 2 heteroatoms. The maximum atomic E-state index is 13.2. The monoisotopic (exact) mass is 207 g/mol. The average molecular weight is 207 g/mol. The molecule has 0 bridgehead atoms. The van der Waals surface area contributed by atoms with Gasteiger partial charge in [-0.1, -0.05) is 24.3 Å². The minimum atomic E-state index is -0.122. The summed E-state index contributed by atoms with van der Waals surface area (Å²) in [4.78, 5) is 0. The number of benzene rings is 1. The van der Waals surface area contributed by atoms with Crippen molar-refractivity contribution in [1.29, 1.82) is 0 Å². The zero-order valence-electron chi connectivity index (χ0n) is 9.39. The van der Waals surface area contributed by atoms with E-state index in [-0.39, 0.29) is 5.82 Å². The zero-order valence-corrected chi connectivity index (χ0v) is 9.39. The first-order chi connectivity index (χ1) is 7.24. The Hall–Kier alpha value is -1.15. The maximum Gasteiger partial charge on any atom is 0.126 e. The van der Waals surface area contributed by atoms with E-state index >= 15 is 0 Å². The van der Waals surface area contributed by atoms with Crippen molar-refractivity contribution < 1.29 is 4.39 Å². The summed E-state index contributed by atoms with van der Waals surface area (Å²) in [6.45, 7) is 5.45. The van der Waals surface area contributed by atoms with Crippen LogP contribution in [0.5, 0.6) is 0 Å². The van der Waals surface area contributed by atoms with Gasteiger partial charge in [0.05, 0.1) is 0 Å². The Morgan fingerprint density at radius 2 is 2.20 bits per heavy atom. The highest BCUT2D eigenvalue weighted by Gasteiger charge is 1.98. The number of nitrogens with one attached hydrogen (secondary N) is 1. The van der Waals surface area contributed by atoms with Crippen molar-refractivity contribution in [2.45, 2.75) is 26.8 Å². The molecule has 0 heterocycles. The van der Waals surface area contributed by atoms with Crippen LogP contribution in [-0.4, -0.2) is 6.54 Å². The molecule has 0 aliphatic carbocycles. The molecule has 1 nitrogen and oxygen atoms in total. The topological polar surface area (TPSA) is 12.0 Å². The van der Waals surface area contributed by atoms with Crippen LogP contribution < -0.4 is 5.32 Å². The molecule has 0 fully saturated rings. The molecule has 0 saturated carbocycles. The van der Waals surface area contributed by atoms with Crippen LogP contribution in [0.3, 0.4) is 0 Å². The van der Waals surface area contributed by atoms with Crippen LogP contribution in [-0.2, 0) is 6.54 Å². The van der Waals surface area contributed by atoms with Crippen molar-refractivity contribution in [1.82, 2.24) is 5.32 Å². The van der Waals surface area contributed by atoms with Gasteiger partial charge >= 0.3 is 0 Å². The SMILES string of the molecule is C/C=C/CCNCc1ccc(C)c(F)c1. The zero-order chi connectivity index (χ0) is 11.1. The molecule has 1 aromatic rings. The molecule has 1 N–H and O–H groups in total. The highest BCUT2D eigenvalue weighted by Crippen LogP contribution is 2.08. The minimum absolute atomic E-state index is 0.122. The van der Waals surface area contributed by atoms with E-state index in [1.54, 1.807) is 13.0 Å². The largest absolute Gasteiger partial charge is 0.312 e. The van der Waals surface area contributed by atoms with Gasteiger partial charge in [0.25, 0.3) is 0 Å². The van der Waals surface area contributed by atoms with Gasteiger partial charge in [0, 0.05) is 6.54 Å². The molecule has 0 amide bonds. The summed E-state index contributed by atoms with van der Waals surface area (Å²) in [7, 11) is 0. The Kier molecular flexibility index (Phi) is 5.05. The van der Waals surface area contributed by atoms with Gasteiger partial charge in [-0.3, -0.25) is 0 Å². The highest BCUT2D eigenvalue weighted by atomic mass is 19.1. The van der Waals surface area contributed by atoms with Crippen LogP contribution in [0.25, 0.3) is 0 Å². The molecular formula is C13H18FN. The fraction of sp³-hybridized carbons (Fsp3) is 0.385. The van der Waals surface area contributed by atoms with Gasteiger partial charge in [0.15, 0.2) is 0 Å². The van der Waals surface area contributed by atoms with Crippen LogP contribution in [0.15, 0.2) is 30.4 Å². The van der Waals surface area contributed by atoms with Crippen LogP contribution in [0.1, 0.15) is 24.5 Å². The van der Waals surface area contributed by atoms with E-state index in [2.05, 4.69) is 11.4 Å². The molecule has 0 saturated heterocycles. The van der Waals surface area contributed by atoms with Crippen LogP contribution >= 0.6 is 0 Å². The van der Waals surface area contributed by atoms with Gasteiger partial charge in [-0.05, 0) is 44.0 Å². The summed E-state index contributed by atoms with van der Waals surface area (Å²) in [5.41, 5.74) is 1.70. The third-order valence-electron chi connectivity index (χ3n) is 2.29. The maximum absolute atomic E-state index is 13.2. The molecule has 1 aromatic carbocycles. The van der Waals surface area contributed by atoms with Crippen molar-refractivity contribution in [3.63, 3.8) is 0 Å². The van der Waals surface area contributed by atoms with E-state index in [4.69, 9.17) is 0 Å². The third-order valence-corrected chi connectivity index (χ3v) is 2.29. The van der Waals surface area contributed by atoms with Gasteiger partial charge in [-0.2, -0.15) is 0 Å². The molecule has 0 aliphatic rings. The quantitative estimate of drug-likeness (QED) is 0.577. The molecule has 15 heavy (non-hydrogen) atoms. The lowest BCUT2D eigenvalue weighted by Crippen LogP contribution is -2.14. The first kappa shape index (κ1) is 11.9.